The van der Waals surface area contributed by atoms with E-state index in [4.69, 9.17) is 5.73 Å². The van der Waals surface area contributed by atoms with Crippen LogP contribution in [0.5, 0.6) is 0 Å². The summed E-state index contributed by atoms with van der Waals surface area (Å²) in [7, 11) is 0. The average molecular weight is 253 g/mol. The van der Waals surface area contributed by atoms with E-state index in [1.54, 1.807) is 0 Å². The van der Waals surface area contributed by atoms with Crippen molar-refractivity contribution >= 4 is 0 Å². The minimum absolute atomic E-state index is 0.102. The summed E-state index contributed by atoms with van der Waals surface area (Å²) in [6.45, 7) is 11.9. The summed E-state index contributed by atoms with van der Waals surface area (Å²) in [5, 5.41) is 0. The largest absolute Gasteiger partial charge is 0.324 e. The smallest absolute Gasteiger partial charge is 0.0285 e. The molecule has 0 aromatic rings. The molecule has 2 fully saturated rings. The van der Waals surface area contributed by atoms with Crippen molar-refractivity contribution in [2.24, 2.45) is 11.7 Å². The second-order valence-corrected chi connectivity index (χ2v) is 6.68. The molecule has 2 rings (SSSR count). The fourth-order valence-corrected chi connectivity index (χ4v) is 3.78. The molecule has 3 nitrogen and oxygen atoms in total. The third-order valence-electron chi connectivity index (χ3n) is 4.67. The Morgan fingerprint density at radius 1 is 1.17 bits per heavy atom. The minimum Gasteiger partial charge on any atom is -0.324 e. The van der Waals surface area contributed by atoms with Crippen LogP contribution in [0.3, 0.4) is 0 Å². The number of nitrogens with two attached hydrogens (primary N) is 1. The number of hydrogen-bond donors (Lipinski definition) is 1. The van der Waals surface area contributed by atoms with E-state index in [0.717, 1.165) is 12.5 Å². The van der Waals surface area contributed by atoms with Crippen molar-refractivity contribution in [2.75, 3.05) is 39.3 Å². The van der Waals surface area contributed by atoms with E-state index in [-0.39, 0.29) is 5.54 Å². The predicted octanol–water partition coefficient (Wildman–Crippen LogP) is 1.92. The standard InChI is InChI=1S/C15H31N3/c1-3-7-17-8-10-18(11-9-17)13-15(16)6-4-5-14(2)12-15/h14H,3-13,16H2,1-2H3. The van der Waals surface area contributed by atoms with Crippen LogP contribution in [-0.4, -0.2) is 54.6 Å². The van der Waals surface area contributed by atoms with Crippen molar-refractivity contribution in [1.82, 2.24) is 9.80 Å². The first-order valence-electron chi connectivity index (χ1n) is 7.85. The maximum atomic E-state index is 6.62. The molecule has 1 aliphatic carbocycles. The number of piperazine rings is 1. The summed E-state index contributed by atoms with van der Waals surface area (Å²) in [5.41, 5.74) is 6.72. The van der Waals surface area contributed by atoms with Gasteiger partial charge in [0.1, 0.15) is 0 Å². The third kappa shape index (κ3) is 3.94. The van der Waals surface area contributed by atoms with Gasteiger partial charge in [-0.1, -0.05) is 26.7 Å². The number of nitrogens with zero attached hydrogens (tertiary/aromatic N) is 2. The van der Waals surface area contributed by atoms with Crippen molar-refractivity contribution in [2.45, 2.75) is 51.5 Å². The van der Waals surface area contributed by atoms with E-state index in [2.05, 4.69) is 23.6 Å². The zero-order valence-corrected chi connectivity index (χ0v) is 12.3. The van der Waals surface area contributed by atoms with Gasteiger partial charge in [-0.2, -0.15) is 0 Å². The zero-order chi connectivity index (χ0) is 13.0. The van der Waals surface area contributed by atoms with Gasteiger partial charge < -0.3 is 10.6 Å². The predicted molar refractivity (Wildman–Crippen MR) is 77.7 cm³/mol. The van der Waals surface area contributed by atoms with Crippen LogP contribution in [0.15, 0.2) is 0 Å². The fraction of sp³-hybridized carbons (Fsp3) is 1.00. The van der Waals surface area contributed by atoms with Gasteiger partial charge in [-0.25, -0.2) is 0 Å². The van der Waals surface area contributed by atoms with E-state index in [1.165, 1.54) is 64.8 Å². The van der Waals surface area contributed by atoms with Crippen LogP contribution in [-0.2, 0) is 0 Å². The van der Waals surface area contributed by atoms with Crippen molar-refractivity contribution in [3.05, 3.63) is 0 Å². The van der Waals surface area contributed by atoms with E-state index in [9.17, 15) is 0 Å². The Bertz CT molecular complexity index is 248. The second-order valence-electron chi connectivity index (χ2n) is 6.68. The lowest BCUT2D eigenvalue weighted by molar-refractivity contribution is 0.0912. The van der Waals surface area contributed by atoms with Gasteiger partial charge in [0.2, 0.25) is 0 Å². The van der Waals surface area contributed by atoms with E-state index in [1.807, 2.05) is 0 Å². The summed E-state index contributed by atoms with van der Waals surface area (Å²) in [6.07, 6.45) is 6.43. The monoisotopic (exact) mass is 253 g/mol. The molecule has 0 radical (unpaired) electrons. The van der Waals surface area contributed by atoms with Crippen LogP contribution in [0.4, 0.5) is 0 Å². The normalized spacial score (nSPS) is 35.8. The number of rotatable bonds is 4. The molecule has 0 bridgehead atoms. The van der Waals surface area contributed by atoms with Gasteiger partial charge in [0.25, 0.3) is 0 Å². The SMILES string of the molecule is CCCN1CCN(CC2(N)CCCC(C)C2)CC1. The van der Waals surface area contributed by atoms with Gasteiger partial charge in [0.05, 0.1) is 0 Å². The molecular formula is C15H31N3. The summed E-state index contributed by atoms with van der Waals surface area (Å²) in [6, 6.07) is 0. The lowest BCUT2D eigenvalue weighted by Gasteiger charge is -2.43. The Balaban J connectivity index is 1.76. The molecule has 0 aromatic heterocycles. The number of hydrogen-bond acceptors (Lipinski definition) is 3. The Labute approximate surface area is 113 Å². The molecule has 0 amide bonds. The zero-order valence-electron chi connectivity index (χ0n) is 12.3. The van der Waals surface area contributed by atoms with Crippen molar-refractivity contribution in [3.63, 3.8) is 0 Å². The fourth-order valence-electron chi connectivity index (χ4n) is 3.78. The van der Waals surface area contributed by atoms with Crippen molar-refractivity contribution < 1.29 is 0 Å². The van der Waals surface area contributed by atoms with Gasteiger partial charge in [-0.3, -0.25) is 4.90 Å². The highest BCUT2D eigenvalue weighted by molar-refractivity contribution is 4.93. The van der Waals surface area contributed by atoms with Gasteiger partial charge in [-0.05, 0) is 31.7 Å². The molecule has 2 atom stereocenters. The van der Waals surface area contributed by atoms with E-state index in [0.29, 0.717) is 0 Å². The summed E-state index contributed by atoms with van der Waals surface area (Å²) < 4.78 is 0. The van der Waals surface area contributed by atoms with Gasteiger partial charge in [0, 0.05) is 38.3 Å². The minimum atomic E-state index is 0.102. The molecule has 2 aliphatic rings. The highest BCUT2D eigenvalue weighted by Crippen LogP contribution is 2.31. The summed E-state index contributed by atoms with van der Waals surface area (Å²) in [5.74, 6) is 0.824. The van der Waals surface area contributed by atoms with Crippen LogP contribution < -0.4 is 5.73 Å². The average Bonchev–Trinajstić information content (AvgIpc) is 2.31. The van der Waals surface area contributed by atoms with Crippen LogP contribution in [0.2, 0.25) is 0 Å². The Morgan fingerprint density at radius 3 is 2.44 bits per heavy atom. The highest BCUT2D eigenvalue weighted by atomic mass is 15.3. The van der Waals surface area contributed by atoms with Crippen LogP contribution in [0.25, 0.3) is 0 Å². The lowest BCUT2D eigenvalue weighted by atomic mass is 9.76. The molecular weight excluding hydrogens is 222 g/mol. The molecule has 3 heteroatoms. The first kappa shape index (κ1) is 14.3. The first-order chi connectivity index (χ1) is 8.61. The van der Waals surface area contributed by atoms with Gasteiger partial charge >= 0.3 is 0 Å². The van der Waals surface area contributed by atoms with Crippen LogP contribution in [0.1, 0.15) is 46.0 Å². The third-order valence-corrected chi connectivity index (χ3v) is 4.67. The van der Waals surface area contributed by atoms with Crippen molar-refractivity contribution in [3.8, 4) is 0 Å². The molecule has 1 saturated heterocycles. The molecule has 18 heavy (non-hydrogen) atoms. The molecule has 106 valence electrons. The molecule has 2 N–H and O–H groups in total. The topological polar surface area (TPSA) is 32.5 Å². The van der Waals surface area contributed by atoms with E-state index < -0.39 is 0 Å². The second kappa shape index (κ2) is 6.36. The maximum absolute atomic E-state index is 6.62. The molecule has 0 spiro atoms. The van der Waals surface area contributed by atoms with Gasteiger partial charge in [-0.15, -0.1) is 0 Å². The van der Waals surface area contributed by atoms with Crippen molar-refractivity contribution in [1.29, 1.82) is 0 Å². The van der Waals surface area contributed by atoms with Crippen LogP contribution in [0, 0.1) is 5.92 Å². The van der Waals surface area contributed by atoms with E-state index >= 15 is 0 Å². The molecule has 1 aliphatic heterocycles. The molecule has 0 aromatic carbocycles. The van der Waals surface area contributed by atoms with Crippen LogP contribution >= 0.6 is 0 Å². The summed E-state index contributed by atoms with van der Waals surface area (Å²) >= 11 is 0. The summed E-state index contributed by atoms with van der Waals surface area (Å²) in [4.78, 5) is 5.19. The Kier molecular flexibility index (Phi) is 5.05. The van der Waals surface area contributed by atoms with Gasteiger partial charge in [0.15, 0.2) is 0 Å². The quantitative estimate of drug-likeness (QED) is 0.831. The first-order valence-corrected chi connectivity index (χ1v) is 7.85. The Morgan fingerprint density at radius 2 is 1.83 bits per heavy atom. The molecule has 1 saturated carbocycles. The lowest BCUT2D eigenvalue weighted by Crippen LogP contribution is -2.56. The molecule has 2 unspecified atom stereocenters. The molecule has 1 heterocycles. The maximum Gasteiger partial charge on any atom is 0.0285 e. The Hall–Kier alpha value is -0.120. The highest BCUT2D eigenvalue weighted by Gasteiger charge is 2.33.